The highest BCUT2D eigenvalue weighted by molar-refractivity contribution is 7.15. The lowest BCUT2D eigenvalue weighted by Crippen LogP contribution is -2.45. The molecule has 7 heteroatoms. The molecule has 0 saturated carbocycles. The fourth-order valence-corrected chi connectivity index (χ4v) is 4.27. The number of hydrogen-bond donors (Lipinski definition) is 1. The minimum absolute atomic E-state index is 0.216. The lowest BCUT2D eigenvalue weighted by atomic mass is 10.2. The van der Waals surface area contributed by atoms with E-state index in [1.165, 1.54) is 11.5 Å². The smallest absolute Gasteiger partial charge is 0.149 e. The van der Waals surface area contributed by atoms with Gasteiger partial charge in [0.1, 0.15) is 15.8 Å². The zero-order valence-corrected chi connectivity index (χ0v) is 13.4. The molecule has 0 aromatic carbocycles. The van der Waals surface area contributed by atoms with E-state index in [-0.39, 0.29) is 12.2 Å². The van der Waals surface area contributed by atoms with E-state index in [0.717, 1.165) is 34.4 Å². The molecule has 2 N–H and O–H groups in total. The Morgan fingerprint density at radius 3 is 2.65 bits per heavy atom. The monoisotopic (exact) mass is 310 g/mol. The summed E-state index contributed by atoms with van der Waals surface area (Å²) in [5.74, 6) is 0.575. The fourth-order valence-electron chi connectivity index (χ4n) is 2.52. The number of anilines is 2. The summed E-state index contributed by atoms with van der Waals surface area (Å²) < 4.78 is 10.1. The van der Waals surface area contributed by atoms with Crippen molar-refractivity contribution in [2.45, 2.75) is 33.0 Å². The average molecular weight is 310 g/mol. The first-order valence-corrected chi connectivity index (χ1v) is 8.28. The summed E-state index contributed by atoms with van der Waals surface area (Å²) in [6, 6.07) is 0. The maximum absolute atomic E-state index is 6.07. The second-order valence-corrected chi connectivity index (χ2v) is 6.81. The maximum Gasteiger partial charge on any atom is 0.149 e. The van der Waals surface area contributed by atoms with Crippen molar-refractivity contribution < 1.29 is 4.74 Å². The molecule has 0 bridgehead atoms. The van der Waals surface area contributed by atoms with Gasteiger partial charge in [0.2, 0.25) is 0 Å². The molecular formula is C13H18N4OS2. The summed E-state index contributed by atoms with van der Waals surface area (Å²) in [7, 11) is 0. The van der Waals surface area contributed by atoms with E-state index in [1.807, 2.05) is 12.3 Å². The fraction of sp³-hybridized carbons (Fsp3) is 0.538. The van der Waals surface area contributed by atoms with E-state index in [1.54, 1.807) is 11.3 Å². The number of rotatable bonds is 2. The van der Waals surface area contributed by atoms with Crippen LogP contribution >= 0.6 is 22.9 Å². The number of morpholine rings is 1. The normalized spacial score (nSPS) is 23.2. The summed E-state index contributed by atoms with van der Waals surface area (Å²) in [4.78, 5) is 6.87. The highest BCUT2D eigenvalue weighted by Gasteiger charge is 2.28. The summed E-state index contributed by atoms with van der Waals surface area (Å²) >= 11 is 3.07. The standard InChI is InChI=1S/C13H18N4OS2/c1-7-6-19-12(15-7)10-11(14)16-20-13(10)17-4-8(2)18-9(3)5-17/h6,8-9H,4-5H2,1-3H3,(H2,14,16). The Bertz CT molecular complexity index is 599. The third-order valence-corrected chi connectivity index (χ3v) is 5.14. The molecule has 1 fully saturated rings. The van der Waals surface area contributed by atoms with Crippen LogP contribution in [0.25, 0.3) is 10.6 Å². The predicted molar refractivity (Wildman–Crippen MR) is 84.6 cm³/mol. The topological polar surface area (TPSA) is 64.3 Å². The summed E-state index contributed by atoms with van der Waals surface area (Å²) in [6.45, 7) is 7.92. The minimum atomic E-state index is 0.216. The van der Waals surface area contributed by atoms with Crippen LogP contribution in [0.1, 0.15) is 19.5 Å². The summed E-state index contributed by atoms with van der Waals surface area (Å²) in [6.07, 6.45) is 0.431. The predicted octanol–water partition coefficient (Wildman–Crippen LogP) is 2.77. The lowest BCUT2D eigenvalue weighted by molar-refractivity contribution is -0.00497. The number of hydrogen-bond acceptors (Lipinski definition) is 7. The number of nitrogens with zero attached hydrogens (tertiary/aromatic N) is 3. The van der Waals surface area contributed by atoms with Crippen molar-refractivity contribution in [2.75, 3.05) is 23.7 Å². The van der Waals surface area contributed by atoms with Gasteiger partial charge in [0, 0.05) is 24.2 Å². The van der Waals surface area contributed by atoms with Crippen LogP contribution < -0.4 is 10.6 Å². The minimum Gasteiger partial charge on any atom is -0.382 e. The Balaban J connectivity index is 1.98. The van der Waals surface area contributed by atoms with Gasteiger partial charge in [0.05, 0.1) is 17.8 Å². The molecule has 2 unspecified atom stereocenters. The number of nitrogen functional groups attached to an aromatic ring is 1. The Kier molecular flexibility index (Phi) is 3.66. The SMILES string of the molecule is Cc1csc(-c2c(N)nsc2N2CC(C)OC(C)C2)n1. The first-order chi connectivity index (χ1) is 9.54. The Morgan fingerprint density at radius 1 is 1.35 bits per heavy atom. The van der Waals surface area contributed by atoms with Gasteiger partial charge in [-0.15, -0.1) is 11.3 Å². The van der Waals surface area contributed by atoms with Crippen LogP contribution in [0.3, 0.4) is 0 Å². The zero-order chi connectivity index (χ0) is 14.3. The van der Waals surface area contributed by atoms with Gasteiger partial charge in [0.15, 0.2) is 0 Å². The van der Waals surface area contributed by atoms with E-state index < -0.39 is 0 Å². The molecule has 0 spiro atoms. The van der Waals surface area contributed by atoms with Crippen molar-refractivity contribution in [1.29, 1.82) is 0 Å². The molecule has 3 heterocycles. The van der Waals surface area contributed by atoms with Crippen LogP contribution in [0, 0.1) is 6.92 Å². The third-order valence-electron chi connectivity index (χ3n) is 3.24. The molecule has 1 aliphatic heterocycles. The van der Waals surface area contributed by atoms with Gasteiger partial charge in [-0.25, -0.2) is 4.98 Å². The molecule has 0 amide bonds. The Labute approximate surface area is 126 Å². The van der Waals surface area contributed by atoms with Gasteiger partial charge in [-0.2, -0.15) is 4.37 Å². The van der Waals surface area contributed by atoms with E-state index in [2.05, 4.69) is 28.1 Å². The number of nitrogens with two attached hydrogens (primary N) is 1. The van der Waals surface area contributed by atoms with Gasteiger partial charge in [-0.05, 0) is 32.3 Å². The second kappa shape index (κ2) is 5.31. The molecule has 0 radical (unpaired) electrons. The third kappa shape index (κ3) is 2.53. The first kappa shape index (κ1) is 13.8. The van der Waals surface area contributed by atoms with E-state index in [4.69, 9.17) is 10.5 Å². The average Bonchev–Trinajstić information content (AvgIpc) is 2.94. The van der Waals surface area contributed by atoms with Gasteiger partial charge in [-0.3, -0.25) is 0 Å². The molecule has 108 valence electrons. The van der Waals surface area contributed by atoms with Crippen LogP contribution in [-0.4, -0.2) is 34.7 Å². The molecule has 0 aliphatic carbocycles. The van der Waals surface area contributed by atoms with Crippen molar-refractivity contribution in [3.8, 4) is 10.6 Å². The molecule has 5 nitrogen and oxygen atoms in total. The molecule has 1 aliphatic rings. The van der Waals surface area contributed by atoms with E-state index >= 15 is 0 Å². The van der Waals surface area contributed by atoms with Crippen LogP contribution in [0.5, 0.6) is 0 Å². The Hall–Kier alpha value is -1.18. The van der Waals surface area contributed by atoms with Crippen LogP contribution in [0.15, 0.2) is 5.38 Å². The van der Waals surface area contributed by atoms with Crippen molar-refractivity contribution in [3.05, 3.63) is 11.1 Å². The largest absolute Gasteiger partial charge is 0.382 e. The molecule has 2 aromatic rings. The van der Waals surface area contributed by atoms with Crippen molar-refractivity contribution >= 4 is 33.7 Å². The molecule has 1 saturated heterocycles. The summed E-state index contributed by atoms with van der Waals surface area (Å²) in [5, 5.41) is 4.11. The molecular weight excluding hydrogens is 292 g/mol. The quantitative estimate of drug-likeness (QED) is 0.924. The number of thiazole rings is 1. The molecule has 2 aromatic heterocycles. The van der Waals surface area contributed by atoms with Crippen LogP contribution in [-0.2, 0) is 4.74 Å². The lowest BCUT2D eigenvalue weighted by Gasteiger charge is -2.36. The zero-order valence-electron chi connectivity index (χ0n) is 11.8. The van der Waals surface area contributed by atoms with E-state index in [0.29, 0.717) is 5.82 Å². The van der Waals surface area contributed by atoms with Crippen molar-refractivity contribution in [2.24, 2.45) is 0 Å². The molecule has 3 rings (SSSR count). The number of aromatic nitrogens is 2. The van der Waals surface area contributed by atoms with Crippen molar-refractivity contribution in [1.82, 2.24) is 9.36 Å². The Morgan fingerprint density at radius 2 is 2.05 bits per heavy atom. The molecule has 20 heavy (non-hydrogen) atoms. The number of aryl methyl sites for hydroxylation is 1. The highest BCUT2D eigenvalue weighted by atomic mass is 32.1. The first-order valence-electron chi connectivity index (χ1n) is 6.62. The van der Waals surface area contributed by atoms with Gasteiger partial charge in [-0.1, -0.05) is 0 Å². The maximum atomic E-state index is 6.07. The second-order valence-electron chi connectivity index (χ2n) is 5.20. The van der Waals surface area contributed by atoms with Gasteiger partial charge in [0.25, 0.3) is 0 Å². The van der Waals surface area contributed by atoms with Crippen molar-refractivity contribution in [3.63, 3.8) is 0 Å². The van der Waals surface area contributed by atoms with Crippen LogP contribution in [0.4, 0.5) is 10.8 Å². The van der Waals surface area contributed by atoms with Crippen LogP contribution in [0.2, 0.25) is 0 Å². The highest BCUT2D eigenvalue weighted by Crippen LogP contribution is 2.41. The van der Waals surface area contributed by atoms with Gasteiger partial charge >= 0.3 is 0 Å². The number of ether oxygens (including phenoxy) is 1. The molecule has 2 atom stereocenters. The van der Waals surface area contributed by atoms with E-state index in [9.17, 15) is 0 Å². The van der Waals surface area contributed by atoms with Gasteiger partial charge < -0.3 is 15.4 Å². The summed E-state index contributed by atoms with van der Waals surface area (Å²) in [5.41, 5.74) is 8.07.